The Hall–Kier alpha value is -2.29. The third kappa shape index (κ3) is 6.13. The van der Waals surface area contributed by atoms with Crippen LogP contribution in [0.4, 0.5) is 18.9 Å². The van der Waals surface area contributed by atoms with Gasteiger partial charge in [-0.25, -0.2) is 0 Å². The predicted octanol–water partition coefficient (Wildman–Crippen LogP) is 1.72. The zero-order valence-electron chi connectivity index (χ0n) is 10.7. The van der Waals surface area contributed by atoms with E-state index in [0.717, 1.165) is 6.07 Å². The highest BCUT2D eigenvalue weighted by molar-refractivity contribution is 5.96. The van der Waals surface area contributed by atoms with Crippen molar-refractivity contribution in [2.45, 2.75) is 25.2 Å². The summed E-state index contributed by atoms with van der Waals surface area (Å²) in [5.74, 6) is -2.50. The number of hydrogen-bond donors (Lipinski definition) is 3. The monoisotopic (exact) mass is 306 g/mol. The Labute approximate surface area is 117 Å². The molecule has 1 unspecified atom stereocenters. The summed E-state index contributed by atoms with van der Waals surface area (Å²) in [6.07, 6.45) is -5.36. The largest absolute Gasteiger partial charge is 0.573 e. The lowest BCUT2D eigenvalue weighted by atomic mass is 10.1. The van der Waals surface area contributed by atoms with Crippen molar-refractivity contribution in [3.05, 3.63) is 24.3 Å². The van der Waals surface area contributed by atoms with Gasteiger partial charge >= 0.3 is 12.3 Å². The molecule has 0 aliphatic heterocycles. The smallest absolute Gasteiger partial charge is 0.481 e. The van der Waals surface area contributed by atoms with E-state index < -0.39 is 30.0 Å². The number of para-hydroxylation sites is 2. The van der Waals surface area contributed by atoms with Crippen LogP contribution in [0.1, 0.15) is 12.8 Å². The second-order valence-electron chi connectivity index (χ2n) is 4.07. The van der Waals surface area contributed by atoms with Crippen molar-refractivity contribution in [2.24, 2.45) is 5.73 Å². The Morgan fingerprint density at radius 1 is 1.33 bits per heavy atom. The SMILES string of the molecule is NC(CCC(=O)O)C(=O)Nc1ccccc1OC(F)(F)F. The zero-order valence-corrected chi connectivity index (χ0v) is 10.7. The van der Waals surface area contributed by atoms with Crippen LogP contribution < -0.4 is 15.8 Å². The Balaban J connectivity index is 2.74. The predicted molar refractivity (Wildman–Crippen MR) is 66.6 cm³/mol. The Morgan fingerprint density at radius 2 is 1.95 bits per heavy atom. The lowest BCUT2D eigenvalue weighted by Gasteiger charge is -2.15. The van der Waals surface area contributed by atoms with Crippen molar-refractivity contribution in [2.75, 3.05) is 5.32 Å². The molecule has 0 fully saturated rings. The van der Waals surface area contributed by atoms with Crippen LogP contribution in [0.2, 0.25) is 0 Å². The minimum absolute atomic E-state index is 0.135. The van der Waals surface area contributed by atoms with Crippen molar-refractivity contribution in [1.82, 2.24) is 0 Å². The number of aliphatic carboxylic acids is 1. The van der Waals surface area contributed by atoms with E-state index in [1.165, 1.54) is 18.2 Å². The summed E-state index contributed by atoms with van der Waals surface area (Å²) in [4.78, 5) is 22.0. The highest BCUT2D eigenvalue weighted by atomic mass is 19.4. The van der Waals surface area contributed by atoms with Crippen LogP contribution >= 0.6 is 0 Å². The number of carbonyl (C=O) groups is 2. The lowest BCUT2D eigenvalue weighted by molar-refractivity contribution is -0.274. The van der Waals surface area contributed by atoms with Gasteiger partial charge in [-0.05, 0) is 18.6 Å². The number of benzene rings is 1. The van der Waals surface area contributed by atoms with Gasteiger partial charge in [0.1, 0.15) is 0 Å². The molecule has 0 bridgehead atoms. The maximum Gasteiger partial charge on any atom is 0.573 e. The molecular weight excluding hydrogens is 293 g/mol. The number of rotatable bonds is 6. The highest BCUT2D eigenvalue weighted by Gasteiger charge is 2.32. The number of anilines is 1. The molecule has 0 heterocycles. The quantitative estimate of drug-likeness (QED) is 0.742. The maximum absolute atomic E-state index is 12.2. The van der Waals surface area contributed by atoms with Crippen molar-refractivity contribution < 1.29 is 32.6 Å². The van der Waals surface area contributed by atoms with Gasteiger partial charge in [-0.3, -0.25) is 9.59 Å². The first-order valence-electron chi connectivity index (χ1n) is 5.82. The van der Waals surface area contributed by atoms with Gasteiger partial charge in [0.15, 0.2) is 5.75 Å². The minimum Gasteiger partial charge on any atom is -0.481 e. The van der Waals surface area contributed by atoms with Crippen molar-refractivity contribution in [3.8, 4) is 5.75 Å². The summed E-state index contributed by atoms with van der Waals surface area (Å²) in [7, 11) is 0. The van der Waals surface area contributed by atoms with Crippen LogP contribution in [0.5, 0.6) is 5.75 Å². The molecule has 1 aromatic rings. The topological polar surface area (TPSA) is 102 Å². The number of halogens is 3. The molecule has 0 aliphatic carbocycles. The van der Waals surface area contributed by atoms with Crippen LogP contribution in [-0.4, -0.2) is 29.4 Å². The van der Waals surface area contributed by atoms with E-state index >= 15 is 0 Å². The third-order valence-corrected chi connectivity index (χ3v) is 2.38. The number of nitrogens with one attached hydrogen (secondary N) is 1. The molecule has 1 aromatic carbocycles. The maximum atomic E-state index is 12.2. The molecule has 4 N–H and O–H groups in total. The summed E-state index contributed by atoms with van der Waals surface area (Å²) < 4.78 is 40.4. The number of carboxylic acids is 1. The number of hydrogen-bond acceptors (Lipinski definition) is 4. The Morgan fingerprint density at radius 3 is 2.52 bits per heavy atom. The van der Waals surface area contributed by atoms with E-state index in [1.54, 1.807) is 0 Å². The summed E-state index contributed by atoms with van der Waals surface area (Å²) in [6, 6.07) is 3.80. The van der Waals surface area contributed by atoms with Crippen molar-refractivity contribution in [1.29, 1.82) is 0 Å². The van der Waals surface area contributed by atoms with Gasteiger partial charge in [-0.15, -0.1) is 13.2 Å². The Bertz CT molecular complexity index is 519. The summed E-state index contributed by atoms with van der Waals surface area (Å²) in [6.45, 7) is 0. The molecule has 1 atom stereocenters. The fourth-order valence-electron chi connectivity index (χ4n) is 1.42. The van der Waals surface area contributed by atoms with E-state index in [0.29, 0.717) is 0 Å². The third-order valence-electron chi connectivity index (χ3n) is 2.38. The van der Waals surface area contributed by atoms with Gasteiger partial charge in [0, 0.05) is 6.42 Å². The average molecular weight is 306 g/mol. The fourth-order valence-corrected chi connectivity index (χ4v) is 1.42. The molecule has 1 rings (SSSR count). The molecule has 21 heavy (non-hydrogen) atoms. The van der Waals surface area contributed by atoms with Crippen LogP contribution in [0, 0.1) is 0 Å². The second-order valence-corrected chi connectivity index (χ2v) is 4.07. The van der Waals surface area contributed by atoms with Gasteiger partial charge in [-0.1, -0.05) is 12.1 Å². The molecule has 0 aromatic heterocycles. The molecular formula is C12H13F3N2O4. The number of amides is 1. The molecule has 1 amide bonds. The molecule has 9 heteroatoms. The van der Waals surface area contributed by atoms with Crippen LogP contribution in [-0.2, 0) is 9.59 Å². The first-order chi connectivity index (χ1) is 9.69. The van der Waals surface area contributed by atoms with E-state index in [9.17, 15) is 22.8 Å². The first-order valence-corrected chi connectivity index (χ1v) is 5.82. The number of carboxylic acid groups (broad SMARTS) is 1. The number of ether oxygens (including phenoxy) is 1. The number of nitrogens with two attached hydrogens (primary N) is 1. The van der Waals surface area contributed by atoms with E-state index in [4.69, 9.17) is 10.8 Å². The molecule has 0 spiro atoms. The van der Waals surface area contributed by atoms with Gasteiger partial charge in [0.2, 0.25) is 5.91 Å². The van der Waals surface area contributed by atoms with Gasteiger partial charge in [0.25, 0.3) is 0 Å². The first kappa shape index (κ1) is 16.8. The molecule has 0 aliphatic rings. The van der Waals surface area contributed by atoms with E-state index in [2.05, 4.69) is 10.1 Å². The van der Waals surface area contributed by atoms with Crippen molar-refractivity contribution >= 4 is 17.6 Å². The van der Waals surface area contributed by atoms with E-state index in [1.807, 2.05) is 0 Å². The van der Waals surface area contributed by atoms with Crippen LogP contribution in [0.15, 0.2) is 24.3 Å². The zero-order chi connectivity index (χ0) is 16.0. The number of alkyl halides is 3. The normalized spacial score (nSPS) is 12.6. The molecule has 0 saturated carbocycles. The molecule has 6 nitrogen and oxygen atoms in total. The van der Waals surface area contributed by atoms with Gasteiger partial charge in [-0.2, -0.15) is 0 Å². The lowest BCUT2D eigenvalue weighted by Crippen LogP contribution is -2.36. The van der Waals surface area contributed by atoms with Crippen LogP contribution in [0.3, 0.4) is 0 Å². The Kier molecular flexibility index (Phi) is 5.53. The molecule has 0 saturated heterocycles. The fraction of sp³-hybridized carbons (Fsp3) is 0.333. The molecule has 116 valence electrons. The number of carbonyl (C=O) groups excluding carboxylic acids is 1. The summed E-state index contributed by atoms with van der Waals surface area (Å²) in [5.41, 5.74) is 5.25. The van der Waals surface area contributed by atoms with E-state index in [-0.39, 0.29) is 18.5 Å². The average Bonchev–Trinajstić information content (AvgIpc) is 2.36. The highest BCUT2D eigenvalue weighted by Crippen LogP contribution is 2.29. The van der Waals surface area contributed by atoms with Crippen LogP contribution in [0.25, 0.3) is 0 Å². The summed E-state index contributed by atoms with van der Waals surface area (Å²) >= 11 is 0. The van der Waals surface area contributed by atoms with Gasteiger partial charge in [0.05, 0.1) is 11.7 Å². The molecule has 0 radical (unpaired) electrons. The van der Waals surface area contributed by atoms with Crippen molar-refractivity contribution in [3.63, 3.8) is 0 Å². The minimum atomic E-state index is -4.90. The standard InChI is InChI=1S/C12H13F3N2O4/c13-12(14,15)21-9-4-2-1-3-8(9)17-11(20)7(16)5-6-10(18)19/h1-4,7H,5-6,16H2,(H,17,20)(H,18,19). The summed E-state index contributed by atoms with van der Waals surface area (Å²) in [5, 5.41) is 10.6. The second kappa shape index (κ2) is 6.93. The van der Waals surface area contributed by atoms with Gasteiger partial charge < -0.3 is 20.9 Å².